The molecule has 0 aliphatic heterocycles. The van der Waals surface area contributed by atoms with Crippen molar-refractivity contribution in [3.05, 3.63) is 59.5 Å². The molecule has 3 aromatic rings. The molecule has 0 saturated carbocycles. The van der Waals surface area contributed by atoms with Crippen LogP contribution in [0.2, 0.25) is 5.02 Å². The van der Waals surface area contributed by atoms with Crippen LogP contribution in [0, 0.1) is 0 Å². The molecule has 0 aliphatic carbocycles. The molecule has 0 spiro atoms. The van der Waals surface area contributed by atoms with Crippen LogP contribution in [0.1, 0.15) is 5.76 Å². The van der Waals surface area contributed by atoms with Crippen molar-refractivity contribution in [2.24, 2.45) is 0 Å². The number of halogens is 1. The fourth-order valence-corrected chi connectivity index (χ4v) is 1.90. The van der Waals surface area contributed by atoms with Gasteiger partial charge in [0, 0.05) is 16.7 Å². The van der Waals surface area contributed by atoms with E-state index in [0.29, 0.717) is 16.5 Å². The van der Waals surface area contributed by atoms with E-state index in [1.165, 1.54) is 12.3 Å². The molecule has 0 fully saturated rings. The molecule has 22 heavy (non-hydrogen) atoms. The molecular weight excluding hydrogens is 306 g/mol. The van der Waals surface area contributed by atoms with E-state index in [-0.39, 0.29) is 11.7 Å². The molecule has 0 bridgehead atoms. The minimum absolute atomic E-state index is 0.233. The van der Waals surface area contributed by atoms with Crippen molar-refractivity contribution in [2.45, 2.75) is 0 Å². The van der Waals surface area contributed by atoms with E-state index >= 15 is 0 Å². The Bertz CT molecular complexity index is 792. The third kappa shape index (κ3) is 3.24. The molecule has 0 atom stereocenters. The number of carbonyl (C=O) groups excluding carboxylic acids is 1. The number of nitrogens with zero attached hydrogens (tertiary/aromatic N) is 2. The Morgan fingerprint density at radius 3 is 2.73 bits per heavy atom. The summed E-state index contributed by atoms with van der Waals surface area (Å²) in [7, 11) is 0. The Hall–Kier alpha value is -2.86. The zero-order chi connectivity index (χ0) is 15.4. The first-order chi connectivity index (χ1) is 10.7. The van der Waals surface area contributed by atoms with Crippen LogP contribution >= 0.6 is 11.6 Å². The van der Waals surface area contributed by atoms with E-state index in [2.05, 4.69) is 15.6 Å². The number of anilines is 1. The van der Waals surface area contributed by atoms with Crippen LogP contribution in [0.5, 0.6) is 0 Å². The first-order valence-electron chi connectivity index (χ1n) is 6.33. The first-order valence-corrected chi connectivity index (χ1v) is 6.71. The summed E-state index contributed by atoms with van der Waals surface area (Å²) in [4.78, 5) is 11.9. The van der Waals surface area contributed by atoms with Crippen molar-refractivity contribution in [1.29, 1.82) is 0 Å². The molecule has 2 aromatic heterocycles. The highest BCUT2D eigenvalue weighted by Gasteiger charge is 2.13. The predicted molar refractivity (Wildman–Crippen MR) is 81.1 cm³/mol. The molecule has 0 aliphatic rings. The largest absolute Gasteiger partial charge is 0.465 e. The summed E-state index contributed by atoms with van der Waals surface area (Å²) >= 11 is 5.84. The zero-order valence-corrected chi connectivity index (χ0v) is 11.9. The monoisotopic (exact) mass is 315 g/mol. The quantitative estimate of drug-likeness (QED) is 0.743. The highest BCUT2D eigenvalue weighted by molar-refractivity contribution is 6.30. The SMILES string of the molecule is O=C(/C=C/c1ccco1)Nc1nonc1-c1ccc(Cl)cc1. The summed E-state index contributed by atoms with van der Waals surface area (Å²) in [6, 6.07) is 10.4. The lowest BCUT2D eigenvalue weighted by molar-refractivity contribution is -0.111. The number of furan rings is 1. The van der Waals surface area contributed by atoms with Gasteiger partial charge in [-0.3, -0.25) is 4.79 Å². The number of rotatable bonds is 4. The number of benzene rings is 1. The topological polar surface area (TPSA) is 81.2 Å². The first kappa shape index (κ1) is 14.1. The Balaban J connectivity index is 1.75. The summed E-state index contributed by atoms with van der Waals surface area (Å²) in [6.45, 7) is 0. The highest BCUT2D eigenvalue weighted by Crippen LogP contribution is 2.25. The fraction of sp³-hybridized carbons (Fsp3) is 0. The number of hydrogen-bond donors (Lipinski definition) is 1. The molecule has 3 rings (SSSR count). The molecule has 2 heterocycles. The van der Waals surface area contributed by atoms with E-state index in [0.717, 1.165) is 5.56 Å². The smallest absolute Gasteiger partial charge is 0.249 e. The van der Waals surface area contributed by atoms with Gasteiger partial charge in [-0.15, -0.1) is 0 Å². The predicted octanol–water partition coefficient (Wildman–Crippen LogP) is 3.63. The van der Waals surface area contributed by atoms with Gasteiger partial charge in [-0.25, -0.2) is 4.63 Å². The van der Waals surface area contributed by atoms with Gasteiger partial charge in [-0.05, 0) is 40.7 Å². The van der Waals surface area contributed by atoms with E-state index in [9.17, 15) is 4.79 Å². The Morgan fingerprint density at radius 2 is 2.00 bits per heavy atom. The lowest BCUT2D eigenvalue weighted by Crippen LogP contribution is -2.08. The normalized spacial score (nSPS) is 11.0. The van der Waals surface area contributed by atoms with Gasteiger partial charge >= 0.3 is 0 Å². The summed E-state index contributed by atoms with van der Waals surface area (Å²) in [6.07, 6.45) is 4.40. The van der Waals surface area contributed by atoms with Crippen molar-refractivity contribution in [3.63, 3.8) is 0 Å². The number of amides is 1. The van der Waals surface area contributed by atoms with Crippen molar-refractivity contribution in [1.82, 2.24) is 10.3 Å². The van der Waals surface area contributed by atoms with Gasteiger partial charge in [0.25, 0.3) is 0 Å². The summed E-state index contributed by atoms with van der Waals surface area (Å²) in [5.74, 6) is 0.435. The van der Waals surface area contributed by atoms with E-state index in [1.807, 2.05) is 0 Å². The van der Waals surface area contributed by atoms with Gasteiger partial charge in [0.15, 0.2) is 5.69 Å². The Labute approximate surface area is 130 Å². The maximum Gasteiger partial charge on any atom is 0.249 e. The molecule has 1 amide bonds. The van der Waals surface area contributed by atoms with E-state index in [4.69, 9.17) is 20.6 Å². The van der Waals surface area contributed by atoms with Crippen LogP contribution in [0.3, 0.4) is 0 Å². The van der Waals surface area contributed by atoms with Gasteiger partial charge in [0.05, 0.1) is 6.26 Å². The molecule has 0 radical (unpaired) electrons. The second kappa shape index (κ2) is 6.28. The average molecular weight is 316 g/mol. The molecule has 110 valence electrons. The van der Waals surface area contributed by atoms with Gasteiger partial charge < -0.3 is 9.73 Å². The van der Waals surface area contributed by atoms with E-state index < -0.39 is 0 Å². The molecule has 6 nitrogen and oxygen atoms in total. The molecule has 0 saturated heterocycles. The maximum absolute atomic E-state index is 11.9. The van der Waals surface area contributed by atoms with Crippen molar-refractivity contribution >= 4 is 29.4 Å². The maximum atomic E-state index is 11.9. The number of aromatic nitrogens is 2. The van der Waals surface area contributed by atoms with Crippen LogP contribution in [-0.2, 0) is 4.79 Å². The fourth-order valence-electron chi connectivity index (χ4n) is 1.77. The molecule has 1 N–H and O–H groups in total. The van der Waals surface area contributed by atoms with Crippen LogP contribution < -0.4 is 5.32 Å². The van der Waals surface area contributed by atoms with Crippen molar-refractivity contribution in [3.8, 4) is 11.3 Å². The van der Waals surface area contributed by atoms with Crippen molar-refractivity contribution < 1.29 is 13.8 Å². The van der Waals surface area contributed by atoms with Gasteiger partial charge in [0.2, 0.25) is 11.7 Å². The average Bonchev–Trinajstić information content (AvgIpc) is 3.17. The minimum Gasteiger partial charge on any atom is -0.465 e. The van der Waals surface area contributed by atoms with Crippen LogP contribution in [0.25, 0.3) is 17.3 Å². The lowest BCUT2D eigenvalue weighted by Gasteiger charge is -2.00. The van der Waals surface area contributed by atoms with Gasteiger partial charge in [0.1, 0.15) is 5.76 Å². The Kier molecular flexibility index (Phi) is 4.02. The second-order valence-corrected chi connectivity index (χ2v) is 4.74. The van der Waals surface area contributed by atoms with Crippen LogP contribution in [0.15, 0.2) is 57.8 Å². The lowest BCUT2D eigenvalue weighted by atomic mass is 10.1. The van der Waals surface area contributed by atoms with Crippen LogP contribution in [-0.4, -0.2) is 16.2 Å². The number of carbonyl (C=O) groups is 1. The van der Waals surface area contributed by atoms with Gasteiger partial charge in [-0.1, -0.05) is 23.7 Å². The van der Waals surface area contributed by atoms with Crippen molar-refractivity contribution in [2.75, 3.05) is 5.32 Å². The zero-order valence-electron chi connectivity index (χ0n) is 11.2. The Morgan fingerprint density at radius 1 is 1.18 bits per heavy atom. The second-order valence-electron chi connectivity index (χ2n) is 4.31. The molecule has 1 aromatic carbocycles. The van der Waals surface area contributed by atoms with Crippen LogP contribution in [0.4, 0.5) is 5.82 Å². The molecular formula is C15H10ClN3O3. The number of nitrogens with one attached hydrogen (secondary N) is 1. The number of hydrogen-bond acceptors (Lipinski definition) is 5. The standard InChI is InChI=1S/C15H10ClN3O3/c16-11-5-3-10(4-6-11)14-15(19-22-18-14)17-13(20)8-7-12-2-1-9-21-12/h1-9H,(H,17,19,20)/b8-7+. The molecule has 7 heteroatoms. The minimum atomic E-state index is -0.373. The van der Waals surface area contributed by atoms with Gasteiger partial charge in [-0.2, -0.15) is 0 Å². The molecule has 0 unspecified atom stereocenters. The third-order valence-electron chi connectivity index (χ3n) is 2.79. The highest BCUT2D eigenvalue weighted by atomic mass is 35.5. The van der Waals surface area contributed by atoms with E-state index in [1.54, 1.807) is 42.5 Å². The third-order valence-corrected chi connectivity index (χ3v) is 3.04. The summed E-state index contributed by atoms with van der Waals surface area (Å²) < 4.78 is 9.79. The summed E-state index contributed by atoms with van der Waals surface area (Å²) in [5, 5.41) is 10.7. The summed E-state index contributed by atoms with van der Waals surface area (Å²) in [5.41, 5.74) is 1.16.